The highest BCUT2D eigenvalue weighted by atomic mass is 16.5. The molecule has 2 heterocycles. The summed E-state index contributed by atoms with van der Waals surface area (Å²) < 4.78 is 6.15. The molecule has 1 aromatic heterocycles. The van der Waals surface area contributed by atoms with Crippen LogP contribution in [0, 0.1) is 18.3 Å². The highest BCUT2D eigenvalue weighted by Crippen LogP contribution is 2.29. The Morgan fingerprint density at radius 2 is 1.85 bits per heavy atom. The maximum absolute atomic E-state index is 13.5. The molecule has 0 saturated heterocycles. The molecular weight excluding hydrogens is 502 g/mol. The van der Waals surface area contributed by atoms with E-state index in [9.17, 15) is 14.9 Å². The average Bonchev–Trinajstić information content (AvgIpc) is 3.35. The summed E-state index contributed by atoms with van der Waals surface area (Å²) in [5, 5.41) is 18.7. The minimum atomic E-state index is -0.365. The van der Waals surface area contributed by atoms with Crippen LogP contribution in [0.4, 0.5) is 11.5 Å². The van der Waals surface area contributed by atoms with Gasteiger partial charge < -0.3 is 20.7 Å². The van der Waals surface area contributed by atoms with Gasteiger partial charge >= 0.3 is 0 Å². The van der Waals surface area contributed by atoms with Gasteiger partial charge in [0, 0.05) is 11.9 Å². The van der Waals surface area contributed by atoms with Gasteiger partial charge in [-0.05, 0) is 54.8 Å². The summed E-state index contributed by atoms with van der Waals surface area (Å²) in [5.74, 6) is 0.596. The summed E-state index contributed by atoms with van der Waals surface area (Å²) in [6, 6.07) is 26.2. The smallest absolute Gasteiger partial charge is 0.255 e. The number of aromatic nitrogens is 1. The molecule has 0 fully saturated rings. The van der Waals surface area contributed by atoms with Crippen LogP contribution < -0.4 is 20.7 Å². The van der Waals surface area contributed by atoms with Gasteiger partial charge in [0.05, 0.1) is 29.6 Å². The fourth-order valence-corrected chi connectivity index (χ4v) is 4.57. The summed E-state index contributed by atoms with van der Waals surface area (Å²) in [4.78, 5) is 29.6. The first-order chi connectivity index (χ1) is 19.4. The number of aryl methyl sites for hydroxylation is 1. The van der Waals surface area contributed by atoms with Crippen molar-refractivity contribution < 1.29 is 14.3 Å². The van der Waals surface area contributed by atoms with Crippen LogP contribution in [0.1, 0.15) is 57.2 Å². The van der Waals surface area contributed by atoms with Gasteiger partial charge in [-0.2, -0.15) is 5.26 Å². The molecule has 4 aromatic rings. The monoisotopic (exact) mass is 531 g/mol. The van der Waals surface area contributed by atoms with Gasteiger partial charge in [0.15, 0.2) is 0 Å². The third-order valence-electron chi connectivity index (χ3n) is 6.82. The second-order valence-electron chi connectivity index (χ2n) is 9.80. The maximum Gasteiger partial charge on any atom is 0.255 e. The molecule has 8 nitrogen and oxygen atoms in total. The Labute approximate surface area is 233 Å². The number of nitrogens with one attached hydrogen (secondary N) is 3. The number of rotatable bonds is 9. The number of ether oxygens (including phenoxy) is 1. The Hall–Kier alpha value is -5.16. The topological polar surface area (TPSA) is 116 Å². The summed E-state index contributed by atoms with van der Waals surface area (Å²) >= 11 is 0. The van der Waals surface area contributed by atoms with Gasteiger partial charge in [0.25, 0.3) is 5.91 Å². The SMILES string of the molecule is Cc1ccc([C@H](C)NC(=O)c2cc(C#N)cnc2N[C@@H](COc2ccc3c(c2)CC(=O)N3)c2ccccc2)cc1. The molecule has 0 spiro atoms. The third-order valence-corrected chi connectivity index (χ3v) is 6.82. The highest BCUT2D eigenvalue weighted by Gasteiger charge is 2.22. The highest BCUT2D eigenvalue weighted by molar-refractivity contribution is 6.00. The molecule has 40 heavy (non-hydrogen) atoms. The first-order valence-electron chi connectivity index (χ1n) is 13.0. The molecule has 3 aromatic carbocycles. The zero-order chi connectivity index (χ0) is 28.1. The second-order valence-corrected chi connectivity index (χ2v) is 9.80. The Morgan fingerprint density at radius 1 is 1.07 bits per heavy atom. The molecule has 1 aliphatic rings. The van der Waals surface area contributed by atoms with Crippen molar-refractivity contribution in [3.05, 3.63) is 118 Å². The van der Waals surface area contributed by atoms with Crippen molar-refractivity contribution in [1.29, 1.82) is 5.26 Å². The molecule has 5 rings (SSSR count). The van der Waals surface area contributed by atoms with Crippen LogP contribution in [-0.4, -0.2) is 23.4 Å². The molecule has 0 radical (unpaired) electrons. The maximum atomic E-state index is 13.5. The van der Waals surface area contributed by atoms with Crippen molar-refractivity contribution in [1.82, 2.24) is 10.3 Å². The Bertz CT molecular complexity index is 1580. The van der Waals surface area contributed by atoms with E-state index in [1.807, 2.05) is 86.6 Å². The van der Waals surface area contributed by atoms with E-state index in [1.165, 1.54) is 6.20 Å². The lowest BCUT2D eigenvalue weighted by molar-refractivity contribution is -0.115. The zero-order valence-corrected chi connectivity index (χ0v) is 22.3. The summed E-state index contributed by atoms with van der Waals surface area (Å²) in [6.07, 6.45) is 1.76. The molecular formula is C32H29N5O3. The summed E-state index contributed by atoms with van der Waals surface area (Å²) in [7, 11) is 0. The van der Waals surface area contributed by atoms with Crippen LogP contribution in [0.3, 0.4) is 0 Å². The molecule has 8 heteroatoms. The van der Waals surface area contributed by atoms with Crippen LogP contribution in [0.2, 0.25) is 0 Å². The quantitative estimate of drug-likeness (QED) is 0.263. The fourth-order valence-electron chi connectivity index (χ4n) is 4.57. The predicted octanol–water partition coefficient (Wildman–Crippen LogP) is 5.48. The van der Waals surface area contributed by atoms with Crippen LogP contribution in [0.25, 0.3) is 0 Å². The van der Waals surface area contributed by atoms with Crippen molar-refractivity contribution in [2.24, 2.45) is 0 Å². The number of fused-ring (bicyclic) bond motifs is 1. The number of pyridine rings is 1. The van der Waals surface area contributed by atoms with Crippen LogP contribution >= 0.6 is 0 Å². The number of nitrogens with zero attached hydrogens (tertiary/aromatic N) is 2. The predicted molar refractivity (Wildman–Crippen MR) is 153 cm³/mol. The number of carbonyl (C=O) groups is 2. The molecule has 1 aliphatic heterocycles. The normalized spacial score (nSPS) is 13.4. The molecule has 200 valence electrons. The summed E-state index contributed by atoms with van der Waals surface area (Å²) in [6.45, 7) is 4.16. The molecule has 0 aliphatic carbocycles. The lowest BCUT2D eigenvalue weighted by Crippen LogP contribution is -2.29. The number of amides is 2. The molecule has 3 N–H and O–H groups in total. The average molecular weight is 532 g/mol. The van der Waals surface area contributed by atoms with Gasteiger partial charge in [0.1, 0.15) is 24.2 Å². The Balaban J connectivity index is 1.38. The van der Waals surface area contributed by atoms with Gasteiger partial charge in [-0.25, -0.2) is 4.98 Å². The van der Waals surface area contributed by atoms with Crippen molar-refractivity contribution in [3.8, 4) is 11.8 Å². The first-order valence-corrected chi connectivity index (χ1v) is 13.0. The van der Waals surface area contributed by atoms with Crippen LogP contribution in [0.5, 0.6) is 5.75 Å². The molecule has 2 atom stereocenters. The van der Waals surface area contributed by atoms with E-state index in [0.29, 0.717) is 18.0 Å². The fraction of sp³-hybridized carbons (Fsp3) is 0.188. The second kappa shape index (κ2) is 11.7. The van der Waals surface area contributed by atoms with Crippen molar-refractivity contribution in [2.75, 3.05) is 17.2 Å². The van der Waals surface area contributed by atoms with Gasteiger partial charge in [-0.1, -0.05) is 60.2 Å². The van der Waals surface area contributed by atoms with Crippen molar-refractivity contribution >= 4 is 23.3 Å². The summed E-state index contributed by atoms with van der Waals surface area (Å²) in [5.41, 5.74) is 5.28. The van der Waals surface area contributed by atoms with Crippen LogP contribution in [-0.2, 0) is 11.2 Å². The lowest BCUT2D eigenvalue weighted by atomic mass is 10.1. The molecule has 0 saturated carbocycles. The third kappa shape index (κ3) is 6.11. The lowest BCUT2D eigenvalue weighted by Gasteiger charge is -2.23. The number of carbonyl (C=O) groups excluding carboxylic acids is 2. The van der Waals surface area contributed by atoms with E-state index in [4.69, 9.17) is 4.74 Å². The number of anilines is 2. The van der Waals surface area contributed by atoms with E-state index in [1.54, 1.807) is 6.07 Å². The van der Waals surface area contributed by atoms with Crippen molar-refractivity contribution in [2.45, 2.75) is 32.4 Å². The molecule has 2 amide bonds. The number of hydrogen-bond donors (Lipinski definition) is 3. The van der Waals surface area contributed by atoms with E-state index in [2.05, 4.69) is 27.0 Å². The van der Waals surface area contributed by atoms with Crippen molar-refractivity contribution in [3.63, 3.8) is 0 Å². The van der Waals surface area contributed by atoms with Gasteiger partial charge in [-0.3, -0.25) is 9.59 Å². The minimum Gasteiger partial charge on any atom is -0.491 e. The van der Waals surface area contributed by atoms with E-state index >= 15 is 0 Å². The van der Waals surface area contributed by atoms with Gasteiger partial charge in [-0.15, -0.1) is 0 Å². The Morgan fingerprint density at radius 3 is 2.60 bits per heavy atom. The number of nitriles is 1. The standard InChI is InChI=1S/C32H29N5O3/c1-20-8-10-23(11-9-20)21(2)35-32(39)27-14-22(17-33)18-34-31(27)37-29(24-6-4-3-5-7-24)19-40-26-12-13-28-25(15-26)16-30(38)36-28/h3-15,18,21,29H,16,19H2,1-2H3,(H,34,37)(H,35,39)(H,36,38)/t21-,29-/m0/s1. The number of hydrogen-bond acceptors (Lipinski definition) is 6. The first kappa shape index (κ1) is 26.4. The van der Waals surface area contributed by atoms with E-state index in [-0.39, 0.29) is 41.6 Å². The van der Waals surface area contributed by atoms with Crippen LogP contribution in [0.15, 0.2) is 85.1 Å². The largest absolute Gasteiger partial charge is 0.491 e. The van der Waals surface area contributed by atoms with Gasteiger partial charge in [0.2, 0.25) is 5.91 Å². The minimum absolute atomic E-state index is 0.0367. The Kier molecular flexibility index (Phi) is 7.74. The molecule has 0 bridgehead atoms. The zero-order valence-electron chi connectivity index (χ0n) is 22.3. The van der Waals surface area contributed by atoms with E-state index in [0.717, 1.165) is 27.9 Å². The molecule has 0 unspecified atom stereocenters. The number of benzene rings is 3. The van der Waals surface area contributed by atoms with E-state index < -0.39 is 0 Å².